The van der Waals surface area contributed by atoms with Crippen molar-refractivity contribution in [3.8, 4) is 0 Å². The number of hydrogen-bond acceptors (Lipinski definition) is 7. The molecule has 0 spiro atoms. The lowest BCUT2D eigenvalue weighted by Crippen LogP contribution is -2.55. The molecule has 0 aliphatic heterocycles. The first-order valence-corrected chi connectivity index (χ1v) is 21.7. The number of allylic oxidation sites excluding steroid dienone is 8. The molecule has 312 valence electrons. The molecule has 0 aromatic rings. The quantitative estimate of drug-likeness (QED) is 0.0267. The van der Waals surface area contributed by atoms with Gasteiger partial charge in [0.1, 0.15) is 12.6 Å². The van der Waals surface area contributed by atoms with E-state index in [1.165, 1.54) is 51.4 Å². The van der Waals surface area contributed by atoms with Crippen LogP contribution in [0.2, 0.25) is 0 Å². The first kappa shape index (κ1) is 51.3. The minimum Gasteiger partial charge on any atom is -0.544 e. The number of likely N-dealkylation sites (N-methyl/N-ethyl adjacent to an activating group) is 1. The number of carboxylic acid groups (broad SMARTS) is 1. The minimum absolute atomic E-state index is 0.0296. The molecule has 2 unspecified atom stereocenters. The molecular formula is C46H81NO7. The summed E-state index contributed by atoms with van der Waals surface area (Å²) < 4.78 is 17.1. The fraction of sp³-hybridized carbons (Fsp3) is 0.761. The number of carboxylic acids is 1. The Morgan fingerprint density at radius 2 is 1.00 bits per heavy atom. The number of nitrogens with zero attached hydrogens (tertiary/aromatic N) is 1. The largest absolute Gasteiger partial charge is 0.544 e. The van der Waals surface area contributed by atoms with Gasteiger partial charge in [0.05, 0.1) is 40.3 Å². The van der Waals surface area contributed by atoms with Gasteiger partial charge in [-0.3, -0.25) is 9.59 Å². The van der Waals surface area contributed by atoms with Gasteiger partial charge >= 0.3 is 11.9 Å². The smallest absolute Gasteiger partial charge is 0.306 e. The maximum Gasteiger partial charge on any atom is 0.306 e. The summed E-state index contributed by atoms with van der Waals surface area (Å²) in [6, 6.07) is -0.731. The van der Waals surface area contributed by atoms with Crippen LogP contribution in [-0.4, -0.2) is 75.5 Å². The standard InChI is InChI=1S/C46H81NO7/c1-6-8-10-12-14-16-18-20-22-23-25-27-29-31-33-35-37-45(49)54-42(40-52-39-38-43(46(50)51)47(3,4)5)41-53-44(48)36-34-32-30-28-26-24-21-19-17-15-13-11-9-7-2/h13,15-16,18-19,21-23,42-43H,6-12,14,17,20,24-41H2,1-5H3/b15-13-,18-16-,21-19-,23-22-. The van der Waals surface area contributed by atoms with Crippen molar-refractivity contribution >= 4 is 17.9 Å². The molecule has 0 bridgehead atoms. The number of quaternary nitrogens is 1. The average Bonchev–Trinajstić information content (AvgIpc) is 3.12. The Labute approximate surface area is 331 Å². The van der Waals surface area contributed by atoms with Crippen LogP contribution in [0, 0.1) is 0 Å². The van der Waals surface area contributed by atoms with Gasteiger partial charge in [0.2, 0.25) is 0 Å². The van der Waals surface area contributed by atoms with Gasteiger partial charge in [-0.2, -0.15) is 0 Å². The summed E-state index contributed by atoms with van der Waals surface area (Å²) in [6.45, 7) is 4.56. The van der Waals surface area contributed by atoms with Gasteiger partial charge in [-0.15, -0.1) is 0 Å². The molecule has 0 aromatic heterocycles. The van der Waals surface area contributed by atoms with Gasteiger partial charge in [0.25, 0.3) is 0 Å². The Balaban J connectivity index is 4.41. The Morgan fingerprint density at radius 1 is 0.556 bits per heavy atom. The van der Waals surface area contributed by atoms with Gasteiger partial charge < -0.3 is 28.6 Å². The van der Waals surface area contributed by atoms with Crippen molar-refractivity contribution in [3.05, 3.63) is 48.6 Å². The van der Waals surface area contributed by atoms with E-state index >= 15 is 0 Å². The number of carbonyl (C=O) groups is 3. The molecule has 0 heterocycles. The van der Waals surface area contributed by atoms with E-state index in [-0.39, 0.29) is 42.7 Å². The summed E-state index contributed by atoms with van der Waals surface area (Å²) in [5.41, 5.74) is 0. The number of aliphatic carboxylic acids is 1. The van der Waals surface area contributed by atoms with Gasteiger partial charge in [0, 0.05) is 19.3 Å². The molecule has 2 atom stereocenters. The van der Waals surface area contributed by atoms with Crippen molar-refractivity contribution < 1.29 is 38.2 Å². The molecule has 0 N–H and O–H groups in total. The lowest BCUT2D eigenvalue weighted by molar-refractivity contribution is -0.889. The first-order chi connectivity index (χ1) is 26.1. The van der Waals surface area contributed by atoms with E-state index in [2.05, 4.69) is 62.5 Å². The minimum atomic E-state index is -1.13. The zero-order chi connectivity index (χ0) is 40.0. The molecule has 0 radical (unpaired) electrons. The molecule has 0 aliphatic carbocycles. The number of carbonyl (C=O) groups excluding carboxylic acids is 3. The van der Waals surface area contributed by atoms with Crippen LogP contribution in [0.15, 0.2) is 48.6 Å². The molecule has 0 aromatic carbocycles. The van der Waals surface area contributed by atoms with Gasteiger partial charge in [-0.25, -0.2) is 0 Å². The Morgan fingerprint density at radius 3 is 1.48 bits per heavy atom. The molecular weight excluding hydrogens is 679 g/mol. The van der Waals surface area contributed by atoms with E-state index in [0.29, 0.717) is 12.8 Å². The third kappa shape index (κ3) is 35.0. The van der Waals surface area contributed by atoms with E-state index in [1.54, 1.807) is 21.1 Å². The van der Waals surface area contributed by atoms with Gasteiger partial charge in [0.15, 0.2) is 6.10 Å². The van der Waals surface area contributed by atoms with E-state index in [4.69, 9.17) is 14.2 Å². The van der Waals surface area contributed by atoms with Crippen LogP contribution in [0.5, 0.6) is 0 Å². The fourth-order valence-corrected chi connectivity index (χ4v) is 6.00. The second kappa shape index (κ2) is 37.2. The fourth-order valence-electron chi connectivity index (χ4n) is 6.00. The molecule has 54 heavy (non-hydrogen) atoms. The highest BCUT2D eigenvalue weighted by atomic mass is 16.6. The normalized spacial score (nSPS) is 13.4. The number of unbranched alkanes of at least 4 members (excludes halogenated alkanes) is 16. The van der Waals surface area contributed by atoms with Gasteiger partial charge in [-0.05, 0) is 70.6 Å². The summed E-state index contributed by atoms with van der Waals surface area (Å²) in [7, 11) is 5.39. The second-order valence-corrected chi connectivity index (χ2v) is 15.6. The van der Waals surface area contributed by atoms with Crippen LogP contribution in [-0.2, 0) is 28.6 Å². The summed E-state index contributed by atoms with van der Waals surface area (Å²) in [6.07, 6.45) is 42.7. The van der Waals surface area contributed by atoms with Crippen LogP contribution >= 0.6 is 0 Å². The van der Waals surface area contributed by atoms with Crippen LogP contribution in [0.1, 0.15) is 174 Å². The molecule has 0 fully saturated rings. The van der Waals surface area contributed by atoms with Crippen LogP contribution in [0.4, 0.5) is 0 Å². The molecule has 8 heteroatoms. The Bertz CT molecular complexity index is 1030. The van der Waals surface area contributed by atoms with E-state index < -0.39 is 18.1 Å². The highest BCUT2D eigenvalue weighted by Crippen LogP contribution is 2.13. The predicted molar refractivity (Wildman–Crippen MR) is 222 cm³/mol. The van der Waals surface area contributed by atoms with Crippen LogP contribution in [0.25, 0.3) is 0 Å². The van der Waals surface area contributed by atoms with Crippen LogP contribution in [0.3, 0.4) is 0 Å². The van der Waals surface area contributed by atoms with Crippen LogP contribution < -0.4 is 5.11 Å². The topological polar surface area (TPSA) is 102 Å². The van der Waals surface area contributed by atoms with E-state index in [0.717, 1.165) is 89.9 Å². The monoisotopic (exact) mass is 760 g/mol. The maximum atomic E-state index is 12.7. The average molecular weight is 760 g/mol. The third-order valence-electron chi connectivity index (χ3n) is 9.44. The van der Waals surface area contributed by atoms with E-state index in [1.807, 2.05) is 0 Å². The predicted octanol–water partition coefficient (Wildman–Crippen LogP) is 10.3. The zero-order valence-electron chi connectivity index (χ0n) is 35.4. The second-order valence-electron chi connectivity index (χ2n) is 15.6. The first-order valence-electron chi connectivity index (χ1n) is 21.7. The van der Waals surface area contributed by atoms with Crippen molar-refractivity contribution in [1.29, 1.82) is 0 Å². The molecule has 0 amide bonds. The summed E-state index contributed by atoms with van der Waals surface area (Å²) in [5.74, 6) is -1.77. The van der Waals surface area contributed by atoms with Gasteiger partial charge in [-0.1, -0.05) is 133 Å². The zero-order valence-corrected chi connectivity index (χ0v) is 35.4. The summed E-state index contributed by atoms with van der Waals surface area (Å²) in [4.78, 5) is 36.8. The third-order valence-corrected chi connectivity index (χ3v) is 9.44. The Hall–Kier alpha value is -2.71. The lowest BCUT2D eigenvalue weighted by atomic mass is 10.1. The number of hydrogen-bond donors (Lipinski definition) is 0. The number of esters is 2. The summed E-state index contributed by atoms with van der Waals surface area (Å²) in [5, 5.41) is 11.6. The lowest BCUT2D eigenvalue weighted by Gasteiger charge is -2.34. The highest BCUT2D eigenvalue weighted by molar-refractivity contribution is 5.70. The Kier molecular flexibility index (Phi) is 35.4. The SMILES string of the molecule is CCCC/C=C\C/C=C\CCCCCCCC(=O)OCC(COCCC(C(=O)[O-])[N+](C)(C)C)OC(=O)CCCCCCC/C=C\C/C=C\CCCCCC. The molecule has 0 saturated carbocycles. The van der Waals surface area contributed by atoms with Crippen molar-refractivity contribution in [2.24, 2.45) is 0 Å². The molecule has 0 rings (SSSR count). The molecule has 0 saturated heterocycles. The molecule has 0 aliphatic rings. The number of rotatable bonds is 38. The summed E-state index contributed by atoms with van der Waals surface area (Å²) >= 11 is 0. The van der Waals surface area contributed by atoms with Crippen molar-refractivity contribution in [3.63, 3.8) is 0 Å². The number of ether oxygens (including phenoxy) is 3. The highest BCUT2D eigenvalue weighted by Gasteiger charge is 2.25. The van der Waals surface area contributed by atoms with Crippen molar-refractivity contribution in [2.75, 3.05) is 41.0 Å². The van der Waals surface area contributed by atoms with E-state index in [9.17, 15) is 19.5 Å². The van der Waals surface area contributed by atoms with Crippen molar-refractivity contribution in [2.45, 2.75) is 187 Å². The molecule has 8 nitrogen and oxygen atoms in total. The van der Waals surface area contributed by atoms with Crippen molar-refractivity contribution in [1.82, 2.24) is 0 Å². The maximum absolute atomic E-state index is 12.7.